The number of hydrogen-bond acceptors (Lipinski definition) is 5. The Labute approximate surface area is 148 Å². The Bertz CT molecular complexity index is 748. The van der Waals surface area contributed by atoms with E-state index in [0.717, 1.165) is 19.3 Å². The molecule has 1 saturated carbocycles. The molecule has 25 heavy (non-hydrogen) atoms. The van der Waals surface area contributed by atoms with Gasteiger partial charge in [0, 0.05) is 11.5 Å². The Morgan fingerprint density at radius 3 is 2.76 bits per heavy atom. The highest BCUT2D eigenvalue weighted by atomic mass is 16.5. The van der Waals surface area contributed by atoms with Gasteiger partial charge in [-0.25, -0.2) is 0 Å². The van der Waals surface area contributed by atoms with Crippen LogP contribution in [-0.2, 0) is 5.41 Å². The molecule has 1 amide bonds. The molecule has 1 fully saturated rings. The normalized spacial score (nSPS) is 20.6. The smallest absolute Gasteiger partial charge is 0.258 e. The third-order valence-corrected chi connectivity index (χ3v) is 4.78. The predicted molar refractivity (Wildman–Crippen MR) is 96.1 cm³/mol. The van der Waals surface area contributed by atoms with Gasteiger partial charge in [0.25, 0.3) is 11.8 Å². The van der Waals surface area contributed by atoms with Crippen molar-refractivity contribution in [3.05, 3.63) is 35.7 Å². The molecule has 0 bridgehead atoms. The second-order valence-electron chi connectivity index (χ2n) is 7.73. The topological polar surface area (TPSA) is 94.0 Å². The molecule has 0 radical (unpaired) electrons. The maximum atomic E-state index is 12.8. The monoisotopic (exact) mass is 342 g/mol. The minimum Gasteiger partial charge on any atom is -0.349 e. The Balaban J connectivity index is 1.86. The Morgan fingerprint density at radius 2 is 2.08 bits per heavy atom. The van der Waals surface area contributed by atoms with E-state index in [1.165, 1.54) is 0 Å². The molecule has 1 aliphatic carbocycles. The van der Waals surface area contributed by atoms with E-state index in [0.29, 0.717) is 35.3 Å². The Kier molecular flexibility index (Phi) is 4.90. The molecule has 0 spiro atoms. The molecule has 1 aliphatic rings. The van der Waals surface area contributed by atoms with Gasteiger partial charge in [-0.3, -0.25) is 4.79 Å². The number of amides is 1. The van der Waals surface area contributed by atoms with E-state index >= 15 is 0 Å². The van der Waals surface area contributed by atoms with E-state index < -0.39 is 0 Å². The molecule has 3 N–H and O–H groups in total. The molecule has 6 heteroatoms. The quantitative estimate of drug-likeness (QED) is 0.891. The first-order valence-corrected chi connectivity index (χ1v) is 8.84. The van der Waals surface area contributed by atoms with Gasteiger partial charge in [-0.05, 0) is 37.4 Å². The molecule has 134 valence electrons. The second-order valence-corrected chi connectivity index (χ2v) is 7.73. The van der Waals surface area contributed by atoms with Crippen molar-refractivity contribution in [1.29, 1.82) is 0 Å². The number of hydrogen-bond donors (Lipinski definition) is 2. The summed E-state index contributed by atoms with van der Waals surface area (Å²) in [4.78, 5) is 17.3. The first-order chi connectivity index (χ1) is 11.9. The molecule has 1 aromatic carbocycles. The molecule has 0 saturated heterocycles. The first-order valence-electron chi connectivity index (χ1n) is 8.84. The lowest BCUT2D eigenvalue weighted by molar-refractivity contribution is 0.0929. The molecule has 2 atom stereocenters. The zero-order valence-electron chi connectivity index (χ0n) is 15.1. The van der Waals surface area contributed by atoms with E-state index in [1.54, 1.807) is 6.07 Å². The summed E-state index contributed by atoms with van der Waals surface area (Å²) < 4.78 is 5.42. The summed E-state index contributed by atoms with van der Waals surface area (Å²) in [7, 11) is 0. The van der Waals surface area contributed by atoms with E-state index in [-0.39, 0.29) is 17.4 Å². The molecule has 1 heterocycles. The zero-order chi connectivity index (χ0) is 18.0. The summed E-state index contributed by atoms with van der Waals surface area (Å²) in [5.74, 6) is 1.23. The lowest BCUT2D eigenvalue weighted by atomic mass is 9.96. The summed E-state index contributed by atoms with van der Waals surface area (Å²) in [6.45, 7) is 6.67. The fourth-order valence-corrected chi connectivity index (χ4v) is 3.26. The average Bonchev–Trinajstić information content (AvgIpc) is 3.23. The van der Waals surface area contributed by atoms with Gasteiger partial charge in [0.15, 0.2) is 5.82 Å². The van der Waals surface area contributed by atoms with Crippen LogP contribution in [0.5, 0.6) is 0 Å². The third-order valence-electron chi connectivity index (χ3n) is 4.78. The number of carbonyl (C=O) groups is 1. The van der Waals surface area contributed by atoms with Crippen LogP contribution < -0.4 is 11.1 Å². The van der Waals surface area contributed by atoms with Crippen LogP contribution >= 0.6 is 0 Å². The van der Waals surface area contributed by atoms with Crippen molar-refractivity contribution in [2.24, 2.45) is 11.7 Å². The van der Waals surface area contributed by atoms with Gasteiger partial charge in [-0.1, -0.05) is 44.5 Å². The van der Waals surface area contributed by atoms with Gasteiger partial charge in [-0.15, -0.1) is 0 Å². The minimum absolute atomic E-state index is 0.114. The number of benzene rings is 1. The summed E-state index contributed by atoms with van der Waals surface area (Å²) in [5.41, 5.74) is 6.82. The van der Waals surface area contributed by atoms with Crippen molar-refractivity contribution in [3.63, 3.8) is 0 Å². The van der Waals surface area contributed by atoms with Gasteiger partial charge >= 0.3 is 0 Å². The van der Waals surface area contributed by atoms with Crippen molar-refractivity contribution in [2.75, 3.05) is 6.54 Å². The van der Waals surface area contributed by atoms with Crippen molar-refractivity contribution < 1.29 is 9.32 Å². The number of rotatable bonds is 4. The Morgan fingerprint density at radius 1 is 1.32 bits per heavy atom. The third kappa shape index (κ3) is 3.74. The van der Waals surface area contributed by atoms with E-state index in [2.05, 4.69) is 15.5 Å². The van der Waals surface area contributed by atoms with E-state index in [1.807, 2.05) is 39.0 Å². The molecule has 1 aromatic heterocycles. The summed E-state index contributed by atoms with van der Waals surface area (Å²) in [6, 6.07) is 7.47. The predicted octanol–water partition coefficient (Wildman–Crippen LogP) is 2.89. The van der Waals surface area contributed by atoms with Crippen LogP contribution in [0.1, 0.15) is 56.2 Å². The summed E-state index contributed by atoms with van der Waals surface area (Å²) in [6.07, 6.45) is 3.15. The van der Waals surface area contributed by atoms with Crippen LogP contribution in [0.15, 0.2) is 28.8 Å². The van der Waals surface area contributed by atoms with Crippen molar-refractivity contribution in [3.8, 4) is 11.5 Å². The number of carbonyl (C=O) groups excluding carboxylic acids is 1. The molecule has 0 aliphatic heterocycles. The molecule has 3 rings (SSSR count). The van der Waals surface area contributed by atoms with Gasteiger partial charge in [0.05, 0.1) is 11.1 Å². The van der Waals surface area contributed by atoms with Gasteiger partial charge in [-0.2, -0.15) is 4.98 Å². The zero-order valence-corrected chi connectivity index (χ0v) is 15.1. The highest BCUT2D eigenvalue weighted by Gasteiger charge is 2.29. The number of nitrogens with one attached hydrogen (secondary N) is 1. The van der Waals surface area contributed by atoms with Gasteiger partial charge in [0.2, 0.25) is 0 Å². The van der Waals surface area contributed by atoms with Crippen LogP contribution in [-0.4, -0.2) is 28.6 Å². The van der Waals surface area contributed by atoms with E-state index in [4.69, 9.17) is 10.3 Å². The van der Waals surface area contributed by atoms with Crippen molar-refractivity contribution in [2.45, 2.75) is 51.5 Å². The highest BCUT2D eigenvalue weighted by Crippen LogP contribution is 2.28. The number of aromatic nitrogens is 2. The lowest BCUT2D eigenvalue weighted by Crippen LogP contribution is -2.40. The molecule has 6 nitrogen and oxygen atoms in total. The van der Waals surface area contributed by atoms with Gasteiger partial charge in [0.1, 0.15) is 0 Å². The molecular weight excluding hydrogens is 316 g/mol. The van der Waals surface area contributed by atoms with Crippen LogP contribution in [0.3, 0.4) is 0 Å². The SMILES string of the molecule is CC(C)(C)c1noc(-c2ccccc2C(=O)NC2CCCC2CN)n1. The largest absolute Gasteiger partial charge is 0.349 e. The van der Waals surface area contributed by atoms with Crippen LogP contribution in [0.2, 0.25) is 0 Å². The standard InChI is InChI=1S/C19H26N4O2/c1-19(2,3)18-22-17(25-23-18)14-9-5-4-8-13(14)16(24)21-15-10-6-7-12(15)11-20/h4-5,8-9,12,15H,6-7,10-11,20H2,1-3H3,(H,21,24). The fourth-order valence-electron chi connectivity index (χ4n) is 3.26. The molecule has 2 aromatic rings. The highest BCUT2D eigenvalue weighted by molar-refractivity contribution is 6.00. The summed E-state index contributed by atoms with van der Waals surface area (Å²) >= 11 is 0. The van der Waals surface area contributed by atoms with Crippen molar-refractivity contribution >= 4 is 5.91 Å². The number of nitrogens with zero attached hydrogens (tertiary/aromatic N) is 2. The van der Waals surface area contributed by atoms with Crippen LogP contribution in [0, 0.1) is 5.92 Å². The first kappa shape index (κ1) is 17.6. The molecular formula is C19H26N4O2. The van der Waals surface area contributed by atoms with Gasteiger partial charge < -0.3 is 15.6 Å². The minimum atomic E-state index is -0.211. The van der Waals surface area contributed by atoms with Crippen LogP contribution in [0.4, 0.5) is 0 Å². The maximum Gasteiger partial charge on any atom is 0.258 e. The average molecular weight is 342 g/mol. The molecule has 2 unspecified atom stereocenters. The van der Waals surface area contributed by atoms with Crippen LogP contribution in [0.25, 0.3) is 11.5 Å². The lowest BCUT2D eigenvalue weighted by Gasteiger charge is -2.20. The van der Waals surface area contributed by atoms with Crippen molar-refractivity contribution in [1.82, 2.24) is 15.5 Å². The Hall–Kier alpha value is -2.21. The summed E-state index contributed by atoms with van der Waals surface area (Å²) in [5, 5.41) is 7.19. The fraction of sp³-hybridized carbons (Fsp3) is 0.526. The maximum absolute atomic E-state index is 12.8. The van der Waals surface area contributed by atoms with E-state index in [9.17, 15) is 4.79 Å². The second kappa shape index (κ2) is 6.96. The number of nitrogens with two attached hydrogens (primary N) is 1.